The van der Waals surface area contributed by atoms with E-state index in [1.165, 1.54) is 27.4 Å². The van der Waals surface area contributed by atoms with E-state index >= 15 is 0 Å². The number of aryl methyl sites for hydroxylation is 3. The van der Waals surface area contributed by atoms with Crippen molar-refractivity contribution in [3.8, 4) is 0 Å². The zero-order valence-corrected chi connectivity index (χ0v) is 15.0. The summed E-state index contributed by atoms with van der Waals surface area (Å²) in [6, 6.07) is 18.3. The molecule has 0 aliphatic carbocycles. The fraction of sp³-hybridized carbons (Fsp3) is 0.182. The van der Waals surface area contributed by atoms with Gasteiger partial charge in [0.05, 0.1) is 5.52 Å². The molecule has 1 heterocycles. The van der Waals surface area contributed by atoms with Gasteiger partial charge in [0.2, 0.25) is 0 Å². The molecule has 0 fully saturated rings. The van der Waals surface area contributed by atoms with Crippen LogP contribution >= 0.6 is 0 Å². The minimum Gasteiger partial charge on any atom is -0.344 e. The summed E-state index contributed by atoms with van der Waals surface area (Å²) in [5.41, 5.74) is 6.21. The molecule has 0 amide bonds. The van der Waals surface area contributed by atoms with Gasteiger partial charge in [-0.2, -0.15) is 0 Å². The number of nitrogens with zero attached hydrogens (tertiary/aromatic N) is 2. The van der Waals surface area contributed by atoms with Gasteiger partial charge in [0.15, 0.2) is 0 Å². The largest absolute Gasteiger partial charge is 0.344 e. The van der Waals surface area contributed by atoms with Crippen molar-refractivity contribution in [2.24, 2.45) is 7.05 Å². The van der Waals surface area contributed by atoms with Crippen LogP contribution in [0, 0.1) is 19.7 Å². The van der Waals surface area contributed by atoms with Gasteiger partial charge in [-0.15, -0.1) is 0 Å². The van der Waals surface area contributed by atoms with E-state index in [0.717, 1.165) is 11.4 Å². The Kier molecular flexibility index (Phi) is 3.53. The Labute approximate surface area is 147 Å². The lowest BCUT2D eigenvalue weighted by molar-refractivity contribution is 0.618. The number of halogens is 1. The number of benzene rings is 3. The van der Waals surface area contributed by atoms with Gasteiger partial charge in [-0.25, -0.2) is 4.39 Å². The summed E-state index contributed by atoms with van der Waals surface area (Å²) in [6.45, 7) is 3.89. The maximum Gasteiger partial charge on any atom is 0.128 e. The highest BCUT2D eigenvalue weighted by atomic mass is 19.1. The Hall–Kier alpha value is -2.81. The SMILES string of the molecule is Cc1ccc2c3ccc(N(C)c4ccc(C)c(F)c4)cc3n(C)c2c1. The number of aromatic nitrogens is 1. The Morgan fingerprint density at radius 2 is 1.40 bits per heavy atom. The van der Waals surface area contributed by atoms with Gasteiger partial charge in [0.25, 0.3) is 0 Å². The predicted octanol–water partition coefficient (Wildman–Crippen LogP) is 5.86. The van der Waals surface area contributed by atoms with Crippen molar-refractivity contribution in [2.45, 2.75) is 13.8 Å². The molecule has 0 aliphatic rings. The topological polar surface area (TPSA) is 8.17 Å². The maximum atomic E-state index is 13.9. The highest BCUT2D eigenvalue weighted by Gasteiger charge is 2.12. The number of anilines is 2. The Morgan fingerprint density at radius 3 is 2.12 bits per heavy atom. The monoisotopic (exact) mass is 332 g/mol. The minimum absolute atomic E-state index is 0.175. The van der Waals surface area contributed by atoms with E-state index in [4.69, 9.17) is 0 Å². The van der Waals surface area contributed by atoms with E-state index in [2.05, 4.69) is 54.9 Å². The first-order valence-corrected chi connectivity index (χ1v) is 8.44. The second-order valence-corrected chi connectivity index (χ2v) is 6.77. The quantitative estimate of drug-likeness (QED) is 0.446. The summed E-state index contributed by atoms with van der Waals surface area (Å²) in [4.78, 5) is 2.02. The molecule has 4 rings (SSSR count). The molecule has 4 aromatic rings. The number of rotatable bonds is 2. The molecule has 0 saturated carbocycles. The molecule has 0 N–H and O–H groups in total. The molecule has 1 aromatic heterocycles. The number of hydrogen-bond acceptors (Lipinski definition) is 1. The molecule has 0 atom stereocenters. The van der Waals surface area contributed by atoms with Crippen molar-refractivity contribution in [3.05, 3.63) is 71.5 Å². The van der Waals surface area contributed by atoms with Crippen LogP contribution in [0.5, 0.6) is 0 Å². The predicted molar refractivity (Wildman–Crippen MR) is 104 cm³/mol. The molecule has 25 heavy (non-hydrogen) atoms. The summed E-state index contributed by atoms with van der Waals surface area (Å²) in [7, 11) is 4.07. The van der Waals surface area contributed by atoms with E-state index in [-0.39, 0.29) is 5.82 Å². The van der Waals surface area contributed by atoms with Gasteiger partial charge in [-0.05, 0) is 55.3 Å². The average Bonchev–Trinajstić information content (AvgIpc) is 2.88. The third kappa shape index (κ3) is 2.47. The van der Waals surface area contributed by atoms with Crippen molar-refractivity contribution in [2.75, 3.05) is 11.9 Å². The van der Waals surface area contributed by atoms with Crippen molar-refractivity contribution < 1.29 is 4.39 Å². The molecular formula is C22H21FN2. The molecule has 0 radical (unpaired) electrons. The van der Waals surface area contributed by atoms with Crippen LogP contribution in [0.15, 0.2) is 54.6 Å². The third-order valence-electron chi connectivity index (χ3n) is 5.08. The van der Waals surface area contributed by atoms with Crippen molar-refractivity contribution >= 4 is 33.2 Å². The fourth-order valence-electron chi connectivity index (χ4n) is 3.45. The second-order valence-electron chi connectivity index (χ2n) is 6.77. The van der Waals surface area contributed by atoms with Gasteiger partial charge in [0.1, 0.15) is 5.82 Å². The first-order chi connectivity index (χ1) is 12.0. The van der Waals surface area contributed by atoms with Crippen LogP contribution in [0.25, 0.3) is 21.8 Å². The Morgan fingerprint density at radius 1 is 0.800 bits per heavy atom. The van der Waals surface area contributed by atoms with Crippen LogP contribution in [0.3, 0.4) is 0 Å². The summed E-state index contributed by atoms with van der Waals surface area (Å²) >= 11 is 0. The normalized spacial score (nSPS) is 11.4. The molecule has 2 nitrogen and oxygen atoms in total. The standard InChI is InChI=1S/C22H21FN2/c1-14-5-9-18-19-10-8-17(13-22(19)25(4)21(18)11-14)24(3)16-7-6-15(2)20(23)12-16/h5-13H,1-4H3. The fourth-order valence-corrected chi connectivity index (χ4v) is 3.45. The first kappa shape index (κ1) is 15.7. The van der Waals surface area contributed by atoms with E-state index in [1.807, 2.05) is 24.1 Å². The molecular weight excluding hydrogens is 311 g/mol. The van der Waals surface area contributed by atoms with Crippen LogP contribution in [-0.4, -0.2) is 11.6 Å². The lowest BCUT2D eigenvalue weighted by Gasteiger charge is -2.20. The minimum atomic E-state index is -0.175. The van der Waals surface area contributed by atoms with Crippen molar-refractivity contribution in [3.63, 3.8) is 0 Å². The molecule has 0 aliphatic heterocycles. The smallest absolute Gasteiger partial charge is 0.128 e. The highest BCUT2D eigenvalue weighted by Crippen LogP contribution is 2.33. The average molecular weight is 332 g/mol. The van der Waals surface area contributed by atoms with Crippen LogP contribution in [0.1, 0.15) is 11.1 Å². The van der Waals surface area contributed by atoms with Gasteiger partial charge >= 0.3 is 0 Å². The highest BCUT2D eigenvalue weighted by molar-refractivity contribution is 6.09. The van der Waals surface area contributed by atoms with E-state index < -0.39 is 0 Å². The molecule has 0 spiro atoms. The van der Waals surface area contributed by atoms with Crippen LogP contribution < -0.4 is 4.90 Å². The summed E-state index contributed by atoms with van der Waals surface area (Å²) < 4.78 is 16.1. The van der Waals surface area contributed by atoms with Gasteiger partial charge in [-0.3, -0.25) is 0 Å². The zero-order chi connectivity index (χ0) is 17.7. The number of fused-ring (bicyclic) bond motifs is 3. The Balaban J connectivity index is 1.87. The van der Waals surface area contributed by atoms with E-state index in [0.29, 0.717) is 5.56 Å². The molecule has 0 bridgehead atoms. The van der Waals surface area contributed by atoms with E-state index in [9.17, 15) is 4.39 Å². The van der Waals surface area contributed by atoms with E-state index in [1.54, 1.807) is 13.0 Å². The molecule has 3 heteroatoms. The van der Waals surface area contributed by atoms with Gasteiger partial charge < -0.3 is 9.47 Å². The molecule has 126 valence electrons. The maximum absolute atomic E-state index is 13.9. The second kappa shape index (κ2) is 5.62. The van der Waals surface area contributed by atoms with Gasteiger partial charge in [-0.1, -0.05) is 24.3 Å². The first-order valence-electron chi connectivity index (χ1n) is 8.44. The number of hydrogen-bond donors (Lipinski definition) is 0. The van der Waals surface area contributed by atoms with Crippen LogP contribution in [0.4, 0.5) is 15.8 Å². The lowest BCUT2D eigenvalue weighted by Crippen LogP contribution is -2.09. The van der Waals surface area contributed by atoms with Crippen molar-refractivity contribution in [1.29, 1.82) is 0 Å². The molecule has 3 aromatic carbocycles. The lowest BCUT2D eigenvalue weighted by atomic mass is 10.1. The third-order valence-corrected chi connectivity index (χ3v) is 5.08. The summed E-state index contributed by atoms with van der Waals surface area (Å²) in [6.07, 6.45) is 0. The molecule has 0 saturated heterocycles. The van der Waals surface area contributed by atoms with Crippen molar-refractivity contribution in [1.82, 2.24) is 4.57 Å². The Bertz CT molecular complexity index is 1110. The zero-order valence-electron chi connectivity index (χ0n) is 15.0. The van der Waals surface area contributed by atoms with Crippen LogP contribution in [-0.2, 0) is 7.05 Å². The van der Waals surface area contributed by atoms with Gasteiger partial charge in [0, 0.05) is 41.8 Å². The van der Waals surface area contributed by atoms with Crippen LogP contribution in [0.2, 0.25) is 0 Å². The molecule has 0 unspecified atom stereocenters. The summed E-state index contributed by atoms with van der Waals surface area (Å²) in [5, 5.41) is 2.50. The summed E-state index contributed by atoms with van der Waals surface area (Å²) in [5.74, 6) is -0.175.